The average Bonchev–Trinajstić information content (AvgIpc) is 2.72. The summed E-state index contributed by atoms with van der Waals surface area (Å²) >= 11 is 2.52. The predicted octanol–water partition coefficient (Wildman–Crippen LogP) is 7.65. The summed E-state index contributed by atoms with van der Waals surface area (Å²) in [5.41, 5.74) is 1.56. The second kappa shape index (κ2) is 7.48. The molecule has 0 radical (unpaired) electrons. The van der Waals surface area contributed by atoms with Crippen LogP contribution < -0.4 is 0 Å². The SMILES string of the molecule is CC1(C)CC[C@]2(C(=O)O)CC[C@]3(C)C(=CCC4[C@@]5(C)C[C@@H](I)[C@H](O)C(C)(C)C5CC[C@]43C)C2C1. The van der Waals surface area contributed by atoms with Gasteiger partial charge in [0.15, 0.2) is 0 Å². The molecule has 4 saturated carbocycles. The molecule has 0 spiro atoms. The fourth-order valence-corrected chi connectivity index (χ4v) is 12.6. The summed E-state index contributed by atoms with van der Waals surface area (Å²) in [4.78, 5) is 12.8. The summed E-state index contributed by atoms with van der Waals surface area (Å²) in [6.45, 7) is 17.0. The van der Waals surface area contributed by atoms with Gasteiger partial charge in [0.25, 0.3) is 0 Å². The highest BCUT2D eigenvalue weighted by atomic mass is 127. The number of carboxylic acids is 1. The molecule has 0 bridgehead atoms. The van der Waals surface area contributed by atoms with Crippen molar-refractivity contribution in [1.82, 2.24) is 0 Å². The Morgan fingerprint density at radius 1 is 0.941 bits per heavy atom. The number of carbonyl (C=O) groups is 1. The summed E-state index contributed by atoms with van der Waals surface area (Å²) < 4.78 is 0.291. The summed E-state index contributed by atoms with van der Waals surface area (Å²) in [6, 6.07) is 0. The summed E-state index contributed by atoms with van der Waals surface area (Å²) in [6.07, 6.45) is 11.6. The second-order valence-corrected chi connectivity index (χ2v) is 16.8. The van der Waals surface area contributed by atoms with Crippen molar-refractivity contribution < 1.29 is 15.0 Å². The van der Waals surface area contributed by atoms with Crippen molar-refractivity contribution in [3.05, 3.63) is 11.6 Å². The first-order chi connectivity index (χ1) is 15.6. The van der Waals surface area contributed by atoms with Crippen LogP contribution in [0.4, 0.5) is 0 Å². The molecular weight excluding hydrogens is 535 g/mol. The minimum absolute atomic E-state index is 0.0660. The lowest BCUT2D eigenvalue weighted by molar-refractivity contribution is -0.202. The van der Waals surface area contributed by atoms with Crippen molar-refractivity contribution in [3.8, 4) is 0 Å². The number of hydrogen-bond acceptors (Lipinski definition) is 2. The highest BCUT2D eigenvalue weighted by Gasteiger charge is 2.69. The lowest BCUT2D eigenvalue weighted by Gasteiger charge is -2.71. The molecule has 2 N–H and O–H groups in total. The van der Waals surface area contributed by atoms with Crippen molar-refractivity contribution in [2.45, 2.75) is 116 Å². The van der Waals surface area contributed by atoms with Gasteiger partial charge in [0.2, 0.25) is 0 Å². The van der Waals surface area contributed by atoms with Gasteiger partial charge in [-0.15, -0.1) is 0 Å². The largest absolute Gasteiger partial charge is 0.481 e. The van der Waals surface area contributed by atoms with Crippen molar-refractivity contribution in [2.24, 2.45) is 50.2 Å². The molecular formula is C30H47IO3. The van der Waals surface area contributed by atoms with Crippen LogP contribution in [0.5, 0.6) is 0 Å². The van der Waals surface area contributed by atoms with E-state index in [1.54, 1.807) is 0 Å². The molecule has 0 heterocycles. The number of allylic oxidation sites excluding steroid dienone is 2. The van der Waals surface area contributed by atoms with E-state index in [2.05, 4.69) is 77.1 Å². The van der Waals surface area contributed by atoms with Gasteiger partial charge >= 0.3 is 5.97 Å². The molecule has 9 atom stereocenters. The topological polar surface area (TPSA) is 57.5 Å². The maximum atomic E-state index is 12.8. The third kappa shape index (κ3) is 3.05. The van der Waals surface area contributed by atoms with Crippen LogP contribution in [-0.2, 0) is 4.79 Å². The number of alkyl halides is 1. The average molecular weight is 583 g/mol. The van der Waals surface area contributed by atoms with Crippen LogP contribution >= 0.6 is 22.6 Å². The van der Waals surface area contributed by atoms with Crippen LogP contribution in [0.25, 0.3) is 0 Å². The van der Waals surface area contributed by atoms with Crippen LogP contribution in [0.2, 0.25) is 0 Å². The molecule has 34 heavy (non-hydrogen) atoms. The molecule has 3 unspecified atom stereocenters. The molecule has 5 rings (SSSR count). The van der Waals surface area contributed by atoms with E-state index in [1.807, 2.05) is 0 Å². The number of rotatable bonds is 1. The Morgan fingerprint density at radius 2 is 1.59 bits per heavy atom. The fourth-order valence-electron chi connectivity index (χ4n) is 10.7. The van der Waals surface area contributed by atoms with Gasteiger partial charge in [0, 0.05) is 3.92 Å². The molecule has 4 fully saturated rings. The summed E-state index contributed by atoms with van der Waals surface area (Å²) in [5.74, 6) is 0.755. The molecule has 5 aliphatic carbocycles. The first kappa shape index (κ1) is 25.5. The standard InChI is InChI=1S/C30H47IO3/c1-25(2)12-14-30(24(33)34)15-13-28(6)18(19(30)16-25)8-9-22-27(5)17-20(31)23(32)26(3,4)21(27)10-11-29(22,28)7/h8,19-23,32H,9-17H2,1-7H3,(H,33,34)/t19?,20-,21?,22?,23+,27+,28-,29-,30+/m1/s1. The fraction of sp³-hybridized carbons (Fsp3) is 0.900. The minimum atomic E-state index is -0.560. The maximum Gasteiger partial charge on any atom is 0.310 e. The lowest BCUT2D eigenvalue weighted by Crippen LogP contribution is -2.66. The van der Waals surface area contributed by atoms with Gasteiger partial charge in [-0.2, -0.15) is 0 Å². The van der Waals surface area contributed by atoms with E-state index in [0.29, 0.717) is 15.8 Å². The summed E-state index contributed by atoms with van der Waals surface area (Å²) in [7, 11) is 0. The van der Waals surface area contributed by atoms with Gasteiger partial charge in [0.05, 0.1) is 11.5 Å². The van der Waals surface area contributed by atoms with Crippen LogP contribution in [-0.4, -0.2) is 26.2 Å². The van der Waals surface area contributed by atoms with Crippen molar-refractivity contribution in [1.29, 1.82) is 0 Å². The van der Waals surface area contributed by atoms with E-state index < -0.39 is 11.4 Å². The second-order valence-electron chi connectivity index (χ2n) is 15.2. The molecule has 0 saturated heterocycles. The number of aliphatic carboxylic acids is 1. The Labute approximate surface area is 221 Å². The highest BCUT2D eigenvalue weighted by Crippen LogP contribution is 2.76. The molecule has 192 valence electrons. The number of fused-ring (bicyclic) bond motifs is 7. The number of aliphatic hydroxyl groups excluding tert-OH is 1. The third-order valence-corrected chi connectivity index (χ3v) is 14.1. The van der Waals surface area contributed by atoms with Crippen molar-refractivity contribution in [2.75, 3.05) is 0 Å². The predicted molar refractivity (Wildman–Crippen MR) is 146 cm³/mol. The summed E-state index contributed by atoms with van der Waals surface area (Å²) in [5, 5.41) is 21.7. The molecule has 5 aliphatic rings. The zero-order valence-corrected chi connectivity index (χ0v) is 24.7. The van der Waals surface area contributed by atoms with Gasteiger partial charge < -0.3 is 10.2 Å². The Morgan fingerprint density at radius 3 is 2.24 bits per heavy atom. The van der Waals surface area contributed by atoms with E-state index in [-0.39, 0.29) is 39.1 Å². The van der Waals surface area contributed by atoms with Crippen molar-refractivity contribution in [3.63, 3.8) is 0 Å². The smallest absolute Gasteiger partial charge is 0.310 e. The molecule has 3 nitrogen and oxygen atoms in total. The monoisotopic (exact) mass is 582 g/mol. The zero-order valence-electron chi connectivity index (χ0n) is 22.5. The number of hydrogen-bond donors (Lipinski definition) is 2. The van der Waals surface area contributed by atoms with E-state index in [4.69, 9.17) is 0 Å². The first-order valence-electron chi connectivity index (χ1n) is 13.8. The van der Waals surface area contributed by atoms with Crippen LogP contribution in [0.3, 0.4) is 0 Å². The van der Waals surface area contributed by atoms with Crippen LogP contribution in [0, 0.1) is 50.2 Å². The molecule has 0 aliphatic heterocycles. The molecule has 0 aromatic heterocycles. The van der Waals surface area contributed by atoms with E-state index >= 15 is 0 Å². The van der Waals surface area contributed by atoms with Crippen LogP contribution in [0.1, 0.15) is 106 Å². The number of aliphatic hydroxyl groups is 1. The highest BCUT2D eigenvalue weighted by molar-refractivity contribution is 14.1. The Balaban J connectivity index is 1.61. The quantitative estimate of drug-likeness (QED) is 0.190. The third-order valence-electron chi connectivity index (χ3n) is 13.0. The Hall–Kier alpha value is -0.100. The molecule has 4 heteroatoms. The number of carboxylic acid groups (broad SMARTS) is 1. The van der Waals surface area contributed by atoms with Gasteiger partial charge in [-0.25, -0.2) is 0 Å². The van der Waals surface area contributed by atoms with E-state index in [9.17, 15) is 15.0 Å². The molecule has 0 aromatic carbocycles. The number of halogens is 1. The van der Waals surface area contributed by atoms with Gasteiger partial charge in [-0.3, -0.25) is 4.79 Å². The maximum absolute atomic E-state index is 12.8. The van der Waals surface area contributed by atoms with E-state index in [0.717, 1.165) is 44.9 Å². The Bertz CT molecular complexity index is 922. The van der Waals surface area contributed by atoms with E-state index in [1.165, 1.54) is 18.4 Å². The van der Waals surface area contributed by atoms with Gasteiger partial charge in [-0.05, 0) is 103 Å². The van der Waals surface area contributed by atoms with Crippen LogP contribution in [0.15, 0.2) is 11.6 Å². The lowest BCUT2D eigenvalue weighted by atomic mass is 9.33. The normalized spacial score (nSPS) is 53.4. The minimum Gasteiger partial charge on any atom is -0.481 e. The molecule has 0 amide bonds. The Kier molecular flexibility index (Phi) is 5.62. The first-order valence-corrected chi connectivity index (χ1v) is 15.1. The van der Waals surface area contributed by atoms with Gasteiger partial charge in [-0.1, -0.05) is 82.7 Å². The zero-order chi connectivity index (χ0) is 25.1. The van der Waals surface area contributed by atoms with Gasteiger partial charge in [0.1, 0.15) is 0 Å². The molecule has 0 aromatic rings. The van der Waals surface area contributed by atoms with Crippen molar-refractivity contribution >= 4 is 28.6 Å².